The van der Waals surface area contributed by atoms with Crippen LogP contribution in [0.15, 0.2) is 24.3 Å². The number of Topliss-reactive ketones (excluding diaryl/α,β-unsaturated/α-hetero) is 1. The highest BCUT2D eigenvalue weighted by Crippen LogP contribution is 2.12. The van der Waals surface area contributed by atoms with Gasteiger partial charge in [0.05, 0.1) is 0 Å². The van der Waals surface area contributed by atoms with Crippen molar-refractivity contribution in [3.8, 4) is 0 Å². The lowest BCUT2D eigenvalue weighted by molar-refractivity contribution is -0.157. The normalized spacial score (nSPS) is 11.6. The Morgan fingerprint density at radius 1 is 1.29 bits per heavy atom. The first-order valence-corrected chi connectivity index (χ1v) is 6.63. The molecule has 0 spiro atoms. The van der Waals surface area contributed by atoms with Crippen LogP contribution >= 0.6 is 0 Å². The van der Waals surface area contributed by atoms with Crippen LogP contribution in [0.3, 0.4) is 0 Å². The van der Waals surface area contributed by atoms with Crippen LogP contribution in [-0.4, -0.2) is 37.0 Å². The average molecular weight is 293 g/mol. The molecule has 0 bridgehead atoms. The second-order valence-electron chi connectivity index (χ2n) is 4.40. The number of rotatable bonds is 7. The standard InChI is InChI=1S/C15H19NO5/c1-4-20-9-14(18)21-11(3)15(19)16-13-7-5-6-12(8-13)10(2)17/h5-8,11H,4,9H2,1-3H3,(H,16,19)/t11-/m1/s1. The molecule has 0 saturated heterocycles. The number of carbonyl (C=O) groups excluding carboxylic acids is 3. The minimum atomic E-state index is -0.945. The average Bonchev–Trinajstić information content (AvgIpc) is 2.45. The van der Waals surface area contributed by atoms with E-state index >= 15 is 0 Å². The molecule has 6 heteroatoms. The molecule has 0 aliphatic rings. The molecule has 21 heavy (non-hydrogen) atoms. The molecule has 1 N–H and O–H groups in total. The Hall–Kier alpha value is -2.21. The summed E-state index contributed by atoms with van der Waals surface area (Å²) in [4.78, 5) is 34.5. The fraction of sp³-hybridized carbons (Fsp3) is 0.400. The Kier molecular flexibility index (Phi) is 6.55. The van der Waals surface area contributed by atoms with E-state index in [1.54, 1.807) is 31.2 Å². The summed E-state index contributed by atoms with van der Waals surface area (Å²) in [5.74, 6) is -1.17. The van der Waals surface area contributed by atoms with Crippen molar-refractivity contribution in [2.24, 2.45) is 0 Å². The molecule has 0 aliphatic carbocycles. The third-order valence-corrected chi connectivity index (χ3v) is 2.64. The fourth-order valence-electron chi connectivity index (χ4n) is 1.53. The van der Waals surface area contributed by atoms with Gasteiger partial charge in [-0.05, 0) is 32.9 Å². The number of ketones is 1. The van der Waals surface area contributed by atoms with Gasteiger partial charge >= 0.3 is 5.97 Å². The highest BCUT2D eigenvalue weighted by atomic mass is 16.6. The predicted octanol–water partition coefficient (Wildman–Crippen LogP) is 1.80. The molecule has 114 valence electrons. The van der Waals surface area contributed by atoms with Crippen LogP contribution in [-0.2, 0) is 19.1 Å². The van der Waals surface area contributed by atoms with Crippen molar-refractivity contribution in [2.75, 3.05) is 18.5 Å². The zero-order valence-electron chi connectivity index (χ0n) is 12.3. The summed E-state index contributed by atoms with van der Waals surface area (Å²) in [6.45, 7) is 4.87. The van der Waals surface area contributed by atoms with Gasteiger partial charge in [0.25, 0.3) is 5.91 Å². The van der Waals surface area contributed by atoms with Crippen LogP contribution in [0, 0.1) is 0 Å². The quantitative estimate of drug-likeness (QED) is 0.612. The molecule has 1 amide bonds. The summed E-state index contributed by atoms with van der Waals surface area (Å²) in [5, 5.41) is 2.59. The van der Waals surface area contributed by atoms with Gasteiger partial charge in [-0.1, -0.05) is 12.1 Å². The topological polar surface area (TPSA) is 81.7 Å². The smallest absolute Gasteiger partial charge is 0.332 e. The third-order valence-electron chi connectivity index (χ3n) is 2.64. The van der Waals surface area contributed by atoms with E-state index in [1.165, 1.54) is 13.8 Å². The Morgan fingerprint density at radius 3 is 2.62 bits per heavy atom. The Bertz CT molecular complexity index is 527. The van der Waals surface area contributed by atoms with Gasteiger partial charge in [0, 0.05) is 17.9 Å². The van der Waals surface area contributed by atoms with Crippen molar-refractivity contribution < 1.29 is 23.9 Å². The molecule has 1 atom stereocenters. The SMILES string of the molecule is CCOCC(=O)O[C@H](C)C(=O)Nc1cccc(C(C)=O)c1. The summed E-state index contributed by atoms with van der Waals surface area (Å²) in [6.07, 6.45) is -0.945. The van der Waals surface area contributed by atoms with E-state index in [-0.39, 0.29) is 12.4 Å². The van der Waals surface area contributed by atoms with E-state index in [0.29, 0.717) is 17.9 Å². The van der Waals surface area contributed by atoms with Gasteiger partial charge < -0.3 is 14.8 Å². The van der Waals surface area contributed by atoms with Crippen molar-refractivity contribution in [1.82, 2.24) is 0 Å². The maximum absolute atomic E-state index is 11.9. The highest BCUT2D eigenvalue weighted by molar-refractivity contribution is 5.98. The molecule has 0 unspecified atom stereocenters. The summed E-state index contributed by atoms with van der Waals surface area (Å²) >= 11 is 0. The number of hydrogen-bond acceptors (Lipinski definition) is 5. The molecule has 1 rings (SSSR count). The van der Waals surface area contributed by atoms with Gasteiger partial charge in [-0.25, -0.2) is 4.79 Å². The van der Waals surface area contributed by atoms with Gasteiger partial charge in [0.15, 0.2) is 11.9 Å². The molecule has 0 saturated carbocycles. The van der Waals surface area contributed by atoms with Crippen LogP contribution in [0.4, 0.5) is 5.69 Å². The maximum Gasteiger partial charge on any atom is 0.332 e. The zero-order chi connectivity index (χ0) is 15.8. The van der Waals surface area contributed by atoms with E-state index in [9.17, 15) is 14.4 Å². The van der Waals surface area contributed by atoms with Crippen molar-refractivity contribution >= 4 is 23.3 Å². The van der Waals surface area contributed by atoms with Crippen molar-refractivity contribution in [2.45, 2.75) is 26.9 Å². The summed E-state index contributed by atoms with van der Waals surface area (Å²) in [5.41, 5.74) is 0.967. The summed E-state index contributed by atoms with van der Waals surface area (Å²) in [6, 6.07) is 6.54. The van der Waals surface area contributed by atoms with Crippen LogP contribution in [0.2, 0.25) is 0 Å². The van der Waals surface area contributed by atoms with Crippen molar-refractivity contribution in [3.63, 3.8) is 0 Å². The van der Waals surface area contributed by atoms with E-state index in [4.69, 9.17) is 9.47 Å². The van der Waals surface area contributed by atoms with Gasteiger partial charge in [-0.15, -0.1) is 0 Å². The number of amides is 1. The first-order valence-electron chi connectivity index (χ1n) is 6.63. The number of benzene rings is 1. The molecule has 0 fully saturated rings. The number of nitrogens with one attached hydrogen (secondary N) is 1. The minimum Gasteiger partial charge on any atom is -0.451 e. The second kappa shape index (κ2) is 8.16. The third kappa shape index (κ3) is 5.74. The molecule has 1 aromatic rings. The fourth-order valence-corrected chi connectivity index (χ4v) is 1.53. The van der Waals surface area contributed by atoms with Crippen LogP contribution in [0.5, 0.6) is 0 Å². The van der Waals surface area contributed by atoms with Gasteiger partial charge in [0.1, 0.15) is 6.61 Å². The van der Waals surface area contributed by atoms with Crippen molar-refractivity contribution in [3.05, 3.63) is 29.8 Å². The Balaban J connectivity index is 2.58. The van der Waals surface area contributed by atoms with Crippen LogP contribution in [0.1, 0.15) is 31.1 Å². The maximum atomic E-state index is 11.9. The first kappa shape index (κ1) is 16.8. The lowest BCUT2D eigenvalue weighted by Gasteiger charge is -2.13. The zero-order valence-corrected chi connectivity index (χ0v) is 12.3. The molecule has 0 heterocycles. The molecule has 6 nitrogen and oxygen atoms in total. The molecule has 0 aromatic heterocycles. The van der Waals surface area contributed by atoms with E-state index in [0.717, 1.165) is 0 Å². The molecular formula is C15H19NO5. The molecular weight excluding hydrogens is 274 g/mol. The number of carbonyl (C=O) groups is 3. The van der Waals surface area contributed by atoms with Crippen LogP contribution in [0.25, 0.3) is 0 Å². The molecule has 0 radical (unpaired) electrons. The van der Waals surface area contributed by atoms with Crippen molar-refractivity contribution in [1.29, 1.82) is 0 Å². The lowest BCUT2D eigenvalue weighted by Crippen LogP contribution is -2.31. The number of hydrogen-bond donors (Lipinski definition) is 1. The highest BCUT2D eigenvalue weighted by Gasteiger charge is 2.18. The van der Waals surface area contributed by atoms with Gasteiger partial charge in [-0.3, -0.25) is 9.59 Å². The molecule has 0 aliphatic heterocycles. The summed E-state index contributed by atoms with van der Waals surface area (Å²) in [7, 11) is 0. The lowest BCUT2D eigenvalue weighted by atomic mass is 10.1. The van der Waals surface area contributed by atoms with E-state index < -0.39 is 18.0 Å². The summed E-state index contributed by atoms with van der Waals surface area (Å²) < 4.78 is 9.81. The monoisotopic (exact) mass is 293 g/mol. The largest absolute Gasteiger partial charge is 0.451 e. The van der Waals surface area contributed by atoms with Gasteiger partial charge in [0.2, 0.25) is 0 Å². The second-order valence-corrected chi connectivity index (χ2v) is 4.40. The van der Waals surface area contributed by atoms with E-state index in [2.05, 4.69) is 5.32 Å². The number of anilines is 1. The van der Waals surface area contributed by atoms with Gasteiger partial charge in [-0.2, -0.15) is 0 Å². The minimum absolute atomic E-state index is 0.0951. The molecule has 1 aromatic carbocycles. The number of ether oxygens (including phenoxy) is 2. The predicted molar refractivity (Wildman–Crippen MR) is 77.1 cm³/mol. The Morgan fingerprint density at radius 2 is 2.00 bits per heavy atom. The van der Waals surface area contributed by atoms with Crippen LogP contribution < -0.4 is 5.32 Å². The first-order chi connectivity index (χ1) is 9.93. The Labute approximate surface area is 123 Å². The van der Waals surface area contributed by atoms with E-state index in [1.807, 2.05) is 0 Å². The number of esters is 1.